The quantitative estimate of drug-likeness (QED) is 0.702. The molecule has 6 heteroatoms. The van der Waals surface area contributed by atoms with Crippen molar-refractivity contribution in [3.05, 3.63) is 26.7 Å². The molecule has 80 valence electrons. The van der Waals surface area contributed by atoms with E-state index in [1.54, 1.807) is 20.9 Å². The minimum absolute atomic E-state index is 0.309. The van der Waals surface area contributed by atoms with Crippen LogP contribution in [0.15, 0.2) is 9.59 Å². The molecule has 0 aromatic carbocycles. The van der Waals surface area contributed by atoms with Gasteiger partial charge in [0.2, 0.25) is 0 Å². The summed E-state index contributed by atoms with van der Waals surface area (Å²) in [5.74, 6) is 0.631. The van der Waals surface area contributed by atoms with Gasteiger partial charge in [-0.1, -0.05) is 0 Å². The van der Waals surface area contributed by atoms with Crippen LogP contribution >= 0.6 is 0 Å². The van der Waals surface area contributed by atoms with E-state index < -0.39 is 0 Å². The zero-order chi connectivity index (χ0) is 11.2. The summed E-state index contributed by atoms with van der Waals surface area (Å²) in [5.41, 5.74) is 0.154. The van der Waals surface area contributed by atoms with Gasteiger partial charge in [0.05, 0.1) is 0 Å². The van der Waals surface area contributed by atoms with Gasteiger partial charge in [-0.15, -0.1) is 0 Å². The first-order valence-corrected chi connectivity index (χ1v) is 4.72. The number of H-pyrrole nitrogens is 1. The molecule has 0 amide bonds. The Hall–Kier alpha value is -1.85. The highest BCUT2D eigenvalue weighted by Crippen LogP contribution is 2.02. The number of imidazole rings is 1. The Morgan fingerprint density at radius 3 is 2.67 bits per heavy atom. The molecule has 2 heterocycles. The van der Waals surface area contributed by atoms with Gasteiger partial charge in [-0.25, -0.2) is 9.78 Å². The van der Waals surface area contributed by atoms with Crippen LogP contribution in [-0.4, -0.2) is 19.1 Å². The Morgan fingerprint density at radius 2 is 2.07 bits per heavy atom. The topological polar surface area (TPSA) is 72.7 Å². The average molecular weight is 208 g/mol. The van der Waals surface area contributed by atoms with Gasteiger partial charge in [0.15, 0.2) is 5.65 Å². The Kier molecular flexibility index (Phi) is 1.99. The first-order chi connectivity index (χ1) is 7.06. The summed E-state index contributed by atoms with van der Waals surface area (Å²) in [4.78, 5) is 30.5. The molecule has 0 bridgehead atoms. The first kappa shape index (κ1) is 9.70. The van der Waals surface area contributed by atoms with E-state index in [9.17, 15) is 9.59 Å². The molecule has 0 aliphatic heterocycles. The second-order valence-electron chi connectivity index (χ2n) is 3.41. The lowest BCUT2D eigenvalue weighted by Crippen LogP contribution is -2.38. The van der Waals surface area contributed by atoms with Crippen molar-refractivity contribution in [3.8, 4) is 0 Å². The second kappa shape index (κ2) is 3.08. The minimum atomic E-state index is -0.332. The number of nitrogens with zero attached hydrogens (tertiary/aromatic N) is 3. The summed E-state index contributed by atoms with van der Waals surface area (Å²) in [6.07, 6.45) is 0. The van der Waals surface area contributed by atoms with Crippen molar-refractivity contribution >= 4 is 11.2 Å². The van der Waals surface area contributed by atoms with E-state index in [4.69, 9.17) is 0 Å². The minimum Gasteiger partial charge on any atom is -0.336 e. The highest BCUT2D eigenvalue weighted by Gasteiger charge is 2.12. The number of rotatable bonds is 1. The normalized spacial score (nSPS) is 11.1. The maximum absolute atomic E-state index is 11.8. The number of aromatic amines is 1. The van der Waals surface area contributed by atoms with Gasteiger partial charge in [0.25, 0.3) is 5.56 Å². The summed E-state index contributed by atoms with van der Waals surface area (Å²) in [6, 6.07) is 0. The van der Waals surface area contributed by atoms with Crippen LogP contribution in [0, 0.1) is 6.92 Å². The van der Waals surface area contributed by atoms with Crippen molar-refractivity contribution in [1.29, 1.82) is 0 Å². The fraction of sp³-hybridized carbons (Fsp3) is 0.444. The Balaban J connectivity index is 3.09. The summed E-state index contributed by atoms with van der Waals surface area (Å²) in [6.45, 7) is 3.87. The average Bonchev–Trinajstić information content (AvgIpc) is 2.58. The van der Waals surface area contributed by atoms with Crippen LogP contribution < -0.4 is 11.2 Å². The third-order valence-electron chi connectivity index (χ3n) is 2.41. The highest BCUT2D eigenvalue weighted by atomic mass is 16.2. The second-order valence-corrected chi connectivity index (χ2v) is 3.41. The van der Waals surface area contributed by atoms with Crippen LogP contribution in [0.3, 0.4) is 0 Å². The fourth-order valence-electron chi connectivity index (χ4n) is 1.64. The number of hydrogen-bond acceptors (Lipinski definition) is 3. The summed E-state index contributed by atoms with van der Waals surface area (Å²) < 4.78 is 2.56. The molecule has 2 aromatic rings. The molecule has 0 aliphatic rings. The van der Waals surface area contributed by atoms with Crippen LogP contribution in [0.25, 0.3) is 11.2 Å². The lowest BCUT2D eigenvalue weighted by atomic mass is 10.5. The predicted octanol–water partition coefficient (Wildman–Crippen LogP) is -0.248. The summed E-state index contributed by atoms with van der Waals surface area (Å²) in [7, 11) is 1.61. The Morgan fingerprint density at radius 1 is 1.40 bits per heavy atom. The van der Waals surface area contributed by atoms with E-state index in [1.807, 2.05) is 0 Å². The third kappa shape index (κ3) is 1.21. The van der Waals surface area contributed by atoms with Crippen molar-refractivity contribution in [3.63, 3.8) is 0 Å². The van der Waals surface area contributed by atoms with E-state index in [1.165, 1.54) is 9.13 Å². The number of aryl methyl sites for hydroxylation is 2. The van der Waals surface area contributed by atoms with Gasteiger partial charge in [0, 0.05) is 13.6 Å². The summed E-state index contributed by atoms with van der Waals surface area (Å²) >= 11 is 0. The molecule has 0 fully saturated rings. The van der Waals surface area contributed by atoms with Crippen LogP contribution in [-0.2, 0) is 13.6 Å². The van der Waals surface area contributed by atoms with Gasteiger partial charge in [-0.05, 0) is 13.8 Å². The zero-order valence-electron chi connectivity index (χ0n) is 8.87. The predicted molar refractivity (Wildman–Crippen MR) is 56.0 cm³/mol. The highest BCUT2D eigenvalue weighted by molar-refractivity contribution is 5.69. The zero-order valence-corrected chi connectivity index (χ0v) is 8.87. The molecule has 0 unspecified atom stereocenters. The molecule has 2 aromatic heterocycles. The fourth-order valence-corrected chi connectivity index (χ4v) is 1.64. The van der Waals surface area contributed by atoms with Gasteiger partial charge < -0.3 is 4.98 Å². The van der Waals surface area contributed by atoms with E-state index in [0.29, 0.717) is 23.5 Å². The van der Waals surface area contributed by atoms with E-state index in [-0.39, 0.29) is 11.2 Å². The molecule has 0 atom stereocenters. The maximum Gasteiger partial charge on any atom is 0.332 e. The molecule has 0 aliphatic carbocycles. The van der Waals surface area contributed by atoms with Crippen LogP contribution in [0.5, 0.6) is 0 Å². The molecular weight excluding hydrogens is 196 g/mol. The molecular formula is C9H12N4O2. The van der Waals surface area contributed by atoms with Crippen molar-refractivity contribution < 1.29 is 0 Å². The maximum atomic E-state index is 11.8. The SMILES string of the molecule is CCn1c(=O)c2[nH]c(C)nc2n(C)c1=O. The molecule has 15 heavy (non-hydrogen) atoms. The largest absolute Gasteiger partial charge is 0.336 e. The molecule has 0 spiro atoms. The smallest absolute Gasteiger partial charge is 0.332 e. The van der Waals surface area contributed by atoms with Crippen molar-refractivity contribution in [1.82, 2.24) is 19.1 Å². The lowest BCUT2D eigenvalue weighted by Gasteiger charge is -2.03. The summed E-state index contributed by atoms with van der Waals surface area (Å²) in [5, 5.41) is 0. The molecule has 6 nitrogen and oxygen atoms in total. The van der Waals surface area contributed by atoms with Crippen LogP contribution in [0.2, 0.25) is 0 Å². The Labute approximate surface area is 85.2 Å². The number of hydrogen-bond donors (Lipinski definition) is 1. The Bertz CT molecular complexity index is 632. The number of nitrogens with one attached hydrogen (secondary N) is 1. The van der Waals surface area contributed by atoms with E-state index in [2.05, 4.69) is 9.97 Å². The molecule has 0 radical (unpaired) electrons. The van der Waals surface area contributed by atoms with Gasteiger partial charge in [-0.3, -0.25) is 13.9 Å². The van der Waals surface area contributed by atoms with Crippen molar-refractivity contribution in [2.45, 2.75) is 20.4 Å². The first-order valence-electron chi connectivity index (χ1n) is 4.72. The molecule has 2 rings (SSSR count). The van der Waals surface area contributed by atoms with Crippen molar-refractivity contribution in [2.75, 3.05) is 0 Å². The third-order valence-corrected chi connectivity index (χ3v) is 2.41. The number of fused-ring (bicyclic) bond motifs is 1. The van der Waals surface area contributed by atoms with Crippen LogP contribution in [0.1, 0.15) is 12.7 Å². The van der Waals surface area contributed by atoms with E-state index >= 15 is 0 Å². The molecule has 0 saturated heterocycles. The van der Waals surface area contributed by atoms with Gasteiger partial charge in [0.1, 0.15) is 11.3 Å². The molecule has 1 N–H and O–H groups in total. The number of aromatic nitrogens is 4. The molecule has 0 saturated carbocycles. The van der Waals surface area contributed by atoms with Gasteiger partial charge in [-0.2, -0.15) is 0 Å². The van der Waals surface area contributed by atoms with Gasteiger partial charge >= 0.3 is 5.69 Å². The van der Waals surface area contributed by atoms with Crippen molar-refractivity contribution in [2.24, 2.45) is 7.05 Å². The van der Waals surface area contributed by atoms with E-state index in [0.717, 1.165) is 0 Å². The monoisotopic (exact) mass is 208 g/mol. The van der Waals surface area contributed by atoms with Crippen LogP contribution in [0.4, 0.5) is 0 Å². The lowest BCUT2D eigenvalue weighted by molar-refractivity contribution is 0.637. The standard InChI is InChI=1S/C9H12N4O2/c1-4-13-8(14)6-7(11-5(2)10-6)12(3)9(13)15/h4H2,1-3H3,(H,10,11).